The third-order valence-corrected chi connectivity index (χ3v) is 5.91. The Morgan fingerprint density at radius 1 is 0.806 bits per heavy atom. The lowest BCUT2D eigenvalue weighted by Crippen LogP contribution is -2.12. The zero-order valence-corrected chi connectivity index (χ0v) is 18.9. The largest absolute Gasteiger partial charge is 0.507 e. The molecule has 0 aromatic heterocycles. The predicted molar refractivity (Wildman–Crippen MR) is 133 cm³/mol. The standard InChI is InChI=1S/C29H31NO/c1-5-20-17-24(28(31)25(18-20)29(2,3)4)27-23-14-10-9-13-22(23)15-16-26(27)30-19-21-11-7-6-8-12-21/h6-18,30-31H,5,19H2,1-4H3. The Balaban J connectivity index is 1.93. The second-order valence-electron chi connectivity index (χ2n) is 9.19. The highest BCUT2D eigenvalue weighted by Crippen LogP contribution is 2.45. The molecule has 2 heteroatoms. The van der Waals surface area contributed by atoms with E-state index in [1.165, 1.54) is 16.5 Å². The van der Waals surface area contributed by atoms with E-state index in [1.807, 2.05) is 6.07 Å². The number of phenols is 1. The van der Waals surface area contributed by atoms with E-state index in [0.29, 0.717) is 5.75 Å². The van der Waals surface area contributed by atoms with Gasteiger partial charge in [0, 0.05) is 28.9 Å². The summed E-state index contributed by atoms with van der Waals surface area (Å²) in [7, 11) is 0. The van der Waals surface area contributed by atoms with Gasteiger partial charge in [0.25, 0.3) is 0 Å². The van der Waals surface area contributed by atoms with Gasteiger partial charge in [0.2, 0.25) is 0 Å². The number of rotatable bonds is 5. The molecule has 0 aliphatic carbocycles. The van der Waals surface area contributed by atoms with Gasteiger partial charge in [0.15, 0.2) is 0 Å². The Bertz CT molecular complexity index is 1200. The molecule has 0 spiro atoms. The molecule has 0 heterocycles. The molecule has 0 radical (unpaired) electrons. The lowest BCUT2D eigenvalue weighted by Gasteiger charge is -2.25. The number of nitrogens with one attached hydrogen (secondary N) is 1. The summed E-state index contributed by atoms with van der Waals surface area (Å²) < 4.78 is 0. The molecule has 0 unspecified atom stereocenters. The van der Waals surface area contributed by atoms with Crippen LogP contribution in [0, 0.1) is 0 Å². The Morgan fingerprint density at radius 2 is 1.52 bits per heavy atom. The van der Waals surface area contributed by atoms with Crippen LogP contribution in [-0.2, 0) is 18.4 Å². The molecule has 0 fully saturated rings. The smallest absolute Gasteiger partial charge is 0.127 e. The maximum atomic E-state index is 11.4. The first kappa shape index (κ1) is 21.0. The second-order valence-corrected chi connectivity index (χ2v) is 9.19. The van der Waals surface area contributed by atoms with Crippen LogP contribution in [-0.4, -0.2) is 5.11 Å². The van der Waals surface area contributed by atoms with Gasteiger partial charge in [-0.05, 0) is 45.9 Å². The van der Waals surface area contributed by atoms with Crippen LogP contribution in [0.1, 0.15) is 44.4 Å². The van der Waals surface area contributed by atoms with Gasteiger partial charge in [0.1, 0.15) is 5.75 Å². The topological polar surface area (TPSA) is 32.3 Å². The first-order valence-electron chi connectivity index (χ1n) is 11.0. The van der Waals surface area contributed by atoms with Crippen LogP contribution < -0.4 is 5.32 Å². The molecular weight excluding hydrogens is 378 g/mol. The van der Waals surface area contributed by atoms with Crippen molar-refractivity contribution in [3.63, 3.8) is 0 Å². The van der Waals surface area contributed by atoms with Crippen molar-refractivity contribution in [2.45, 2.75) is 46.1 Å². The number of benzene rings is 4. The van der Waals surface area contributed by atoms with Crippen LogP contribution >= 0.6 is 0 Å². The Kier molecular flexibility index (Phi) is 5.73. The average Bonchev–Trinajstić information content (AvgIpc) is 2.77. The molecule has 158 valence electrons. The average molecular weight is 410 g/mol. The molecule has 0 aliphatic heterocycles. The van der Waals surface area contributed by atoms with Gasteiger partial charge in [-0.3, -0.25) is 0 Å². The van der Waals surface area contributed by atoms with Gasteiger partial charge in [-0.2, -0.15) is 0 Å². The molecule has 2 N–H and O–H groups in total. The van der Waals surface area contributed by atoms with Gasteiger partial charge in [-0.1, -0.05) is 94.4 Å². The molecule has 0 atom stereocenters. The van der Waals surface area contributed by atoms with Crippen LogP contribution in [0.4, 0.5) is 5.69 Å². The molecule has 0 bridgehead atoms. The number of anilines is 1. The van der Waals surface area contributed by atoms with E-state index in [-0.39, 0.29) is 5.41 Å². The molecule has 31 heavy (non-hydrogen) atoms. The van der Waals surface area contributed by atoms with Crippen LogP contribution in [0.25, 0.3) is 21.9 Å². The lowest BCUT2D eigenvalue weighted by atomic mass is 9.82. The maximum Gasteiger partial charge on any atom is 0.127 e. The summed E-state index contributed by atoms with van der Waals surface area (Å²) in [5, 5.41) is 17.4. The molecule has 4 rings (SSSR count). The van der Waals surface area contributed by atoms with Crippen LogP contribution in [0.2, 0.25) is 0 Å². The highest BCUT2D eigenvalue weighted by molar-refractivity contribution is 6.04. The third-order valence-electron chi connectivity index (χ3n) is 5.91. The van der Waals surface area contributed by atoms with E-state index >= 15 is 0 Å². The molecule has 0 saturated carbocycles. The minimum Gasteiger partial charge on any atom is -0.507 e. The van der Waals surface area contributed by atoms with Gasteiger partial charge >= 0.3 is 0 Å². The third kappa shape index (κ3) is 4.29. The van der Waals surface area contributed by atoms with E-state index in [0.717, 1.165) is 40.7 Å². The van der Waals surface area contributed by atoms with Crippen molar-refractivity contribution in [2.75, 3.05) is 5.32 Å². The number of aryl methyl sites for hydroxylation is 1. The summed E-state index contributed by atoms with van der Waals surface area (Å²) in [6, 6.07) is 27.4. The van der Waals surface area contributed by atoms with Crippen molar-refractivity contribution in [1.82, 2.24) is 0 Å². The van der Waals surface area contributed by atoms with Crippen LogP contribution in [0.3, 0.4) is 0 Å². The minimum absolute atomic E-state index is 0.147. The number of hydrogen-bond acceptors (Lipinski definition) is 2. The van der Waals surface area contributed by atoms with E-state index in [2.05, 4.69) is 106 Å². The van der Waals surface area contributed by atoms with E-state index in [4.69, 9.17) is 0 Å². The summed E-state index contributed by atoms with van der Waals surface area (Å²) >= 11 is 0. The normalized spacial score (nSPS) is 11.6. The zero-order chi connectivity index (χ0) is 22.0. The van der Waals surface area contributed by atoms with Crippen molar-refractivity contribution in [2.24, 2.45) is 0 Å². The number of fused-ring (bicyclic) bond motifs is 1. The van der Waals surface area contributed by atoms with E-state index in [1.54, 1.807) is 0 Å². The minimum atomic E-state index is -0.147. The van der Waals surface area contributed by atoms with Crippen molar-refractivity contribution >= 4 is 16.5 Å². The quantitative estimate of drug-likeness (QED) is 0.354. The molecule has 4 aromatic rings. The van der Waals surface area contributed by atoms with Crippen molar-refractivity contribution < 1.29 is 5.11 Å². The first-order chi connectivity index (χ1) is 14.9. The summed E-state index contributed by atoms with van der Waals surface area (Å²) in [6.45, 7) is 9.36. The number of hydrogen-bond donors (Lipinski definition) is 2. The SMILES string of the molecule is CCc1cc(-c2c(NCc3ccccc3)ccc3ccccc23)c(O)c(C(C)(C)C)c1. The molecule has 2 nitrogen and oxygen atoms in total. The first-order valence-corrected chi connectivity index (χ1v) is 11.0. The fourth-order valence-corrected chi connectivity index (χ4v) is 4.16. The summed E-state index contributed by atoms with van der Waals surface area (Å²) in [5.74, 6) is 0.379. The monoisotopic (exact) mass is 409 g/mol. The lowest BCUT2D eigenvalue weighted by molar-refractivity contribution is 0.448. The Labute approximate surface area is 185 Å². The fourth-order valence-electron chi connectivity index (χ4n) is 4.16. The molecule has 0 aliphatic rings. The summed E-state index contributed by atoms with van der Waals surface area (Å²) in [5.41, 5.74) is 6.30. The highest BCUT2D eigenvalue weighted by atomic mass is 16.3. The van der Waals surface area contributed by atoms with Gasteiger partial charge in [-0.15, -0.1) is 0 Å². The number of aromatic hydroxyl groups is 1. The highest BCUT2D eigenvalue weighted by Gasteiger charge is 2.23. The Morgan fingerprint density at radius 3 is 2.23 bits per heavy atom. The summed E-state index contributed by atoms with van der Waals surface area (Å²) in [6.07, 6.45) is 0.925. The zero-order valence-electron chi connectivity index (χ0n) is 18.9. The molecule has 4 aromatic carbocycles. The second kappa shape index (κ2) is 8.47. The van der Waals surface area contributed by atoms with Gasteiger partial charge in [-0.25, -0.2) is 0 Å². The predicted octanol–water partition coefficient (Wildman–Crippen LogP) is 7.68. The van der Waals surface area contributed by atoms with Crippen molar-refractivity contribution in [3.05, 3.63) is 95.6 Å². The van der Waals surface area contributed by atoms with Crippen LogP contribution in [0.5, 0.6) is 5.75 Å². The Hall–Kier alpha value is -3.26. The van der Waals surface area contributed by atoms with E-state index < -0.39 is 0 Å². The van der Waals surface area contributed by atoms with Crippen molar-refractivity contribution in [1.29, 1.82) is 0 Å². The molecule has 0 amide bonds. The van der Waals surface area contributed by atoms with Gasteiger partial charge in [0.05, 0.1) is 0 Å². The molecule has 0 saturated heterocycles. The molecular formula is C29H31NO. The number of phenolic OH excluding ortho intramolecular Hbond substituents is 1. The fraction of sp³-hybridized carbons (Fsp3) is 0.241. The van der Waals surface area contributed by atoms with Crippen LogP contribution in [0.15, 0.2) is 78.9 Å². The maximum absolute atomic E-state index is 11.4. The van der Waals surface area contributed by atoms with Crippen molar-refractivity contribution in [3.8, 4) is 16.9 Å². The van der Waals surface area contributed by atoms with Gasteiger partial charge < -0.3 is 10.4 Å². The van der Waals surface area contributed by atoms with E-state index in [9.17, 15) is 5.11 Å². The summed E-state index contributed by atoms with van der Waals surface area (Å²) in [4.78, 5) is 0.